The molecule has 0 aromatic heterocycles. The van der Waals surface area contributed by atoms with E-state index in [1.165, 1.54) is 6.92 Å². The summed E-state index contributed by atoms with van der Waals surface area (Å²) in [5.41, 5.74) is 0.120. The van der Waals surface area contributed by atoms with Crippen LogP contribution >= 0.6 is 0 Å². The van der Waals surface area contributed by atoms with E-state index in [9.17, 15) is 20.4 Å². The number of aliphatic hydroxyl groups excluding tert-OH is 2. The topological polar surface area (TPSA) is 99.4 Å². The van der Waals surface area contributed by atoms with Gasteiger partial charge in [-0.25, -0.2) is 0 Å². The molecule has 4 atom stereocenters. The Morgan fingerprint density at radius 2 is 1.44 bits per heavy atom. The SMILES string of the molecule is Cc1ccc(C(C)(C)O)c2c1[C@@]1(Oc3c(c(C)c4c5c(ccc(C)c35)C(C)(C)O4)[C@@H]1O)[C@](C)(O)[C@@H]2O. The molecule has 6 rings (SSSR count). The van der Waals surface area contributed by atoms with E-state index < -0.39 is 34.6 Å². The Balaban J connectivity index is 1.73. The molecular formula is C30H34O6. The lowest BCUT2D eigenvalue weighted by molar-refractivity contribution is -0.201. The smallest absolute Gasteiger partial charge is 0.196 e. The Labute approximate surface area is 211 Å². The lowest BCUT2D eigenvalue weighted by Crippen LogP contribution is -2.54. The number of aryl methyl sites for hydroxylation is 2. The van der Waals surface area contributed by atoms with Crippen LogP contribution in [0.15, 0.2) is 24.3 Å². The normalized spacial score (nSPS) is 29.4. The first-order valence-corrected chi connectivity index (χ1v) is 12.5. The first kappa shape index (κ1) is 23.7. The fourth-order valence-electron chi connectivity index (χ4n) is 6.99. The fraction of sp³-hybridized carbons (Fsp3) is 0.467. The highest BCUT2D eigenvalue weighted by molar-refractivity contribution is 6.03. The van der Waals surface area contributed by atoms with Crippen molar-refractivity contribution in [2.45, 2.75) is 90.0 Å². The summed E-state index contributed by atoms with van der Waals surface area (Å²) in [6.07, 6.45) is -2.67. The molecular weight excluding hydrogens is 456 g/mol. The average molecular weight is 491 g/mol. The van der Waals surface area contributed by atoms with Crippen LogP contribution in [0.4, 0.5) is 0 Å². The molecule has 0 unspecified atom stereocenters. The highest BCUT2D eigenvalue weighted by Crippen LogP contribution is 2.67. The highest BCUT2D eigenvalue weighted by Gasteiger charge is 2.70. The third-order valence-corrected chi connectivity index (χ3v) is 8.83. The van der Waals surface area contributed by atoms with Crippen LogP contribution in [0.3, 0.4) is 0 Å². The van der Waals surface area contributed by atoms with Crippen LogP contribution in [-0.4, -0.2) is 26.0 Å². The second kappa shape index (κ2) is 6.62. The van der Waals surface area contributed by atoms with Gasteiger partial charge in [0.1, 0.15) is 34.9 Å². The fourth-order valence-corrected chi connectivity index (χ4v) is 6.99. The number of rotatable bonds is 1. The first-order chi connectivity index (χ1) is 16.6. The van der Waals surface area contributed by atoms with Gasteiger partial charge >= 0.3 is 0 Å². The molecule has 0 saturated heterocycles. The lowest BCUT2D eigenvalue weighted by atomic mass is 9.76. The molecule has 3 aromatic rings. The van der Waals surface area contributed by atoms with Crippen molar-refractivity contribution in [3.63, 3.8) is 0 Å². The van der Waals surface area contributed by atoms with Gasteiger partial charge in [-0.15, -0.1) is 0 Å². The number of benzene rings is 3. The van der Waals surface area contributed by atoms with E-state index in [0.29, 0.717) is 33.8 Å². The number of aliphatic hydroxyl groups is 4. The third kappa shape index (κ3) is 2.46. The van der Waals surface area contributed by atoms with E-state index in [1.807, 2.05) is 46.8 Å². The van der Waals surface area contributed by atoms with Crippen LogP contribution < -0.4 is 9.47 Å². The molecule has 36 heavy (non-hydrogen) atoms. The number of hydrogen-bond acceptors (Lipinski definition) is 6. The molecule has 0 fully saturated rings. The number of fused-ring (bicyclic) bond motifs is 4. The van der Waals surface area contributed by atoms with Crippen molar-refractivity contribution in [2.24, 2.45) is 0 Å². The van der Waals surface area contributed by atoms with Crippen molar-refractivity contribution in [1.29, 1.82) is 0 Å². The molecule has 1 spiro atoms. The molecule has 0 radical (unpaired) electrons. The summed E-state index contributed by atoms with van der Waals surface area (Å²) in [6.45, 7) is 14.6. The van der Waals surface area contributed by atoms with Crippen LogP contribution in [0.5, 0.6) is 11.5 Å². The molecule has 0 saturated carbocycles. The molecule has 0 bridgehead atoms. The summed E-state index contributed by atoms with van der Waals surface area (Å²) >= 11 is 0. The third-order valence-electron chi connectivity index (χ3n) is 8.83. The van der Waals surface area contributed by atoms with Crippen molar-refractivity contribution >= 4 is 10.8 Å². The van der Waals surface area contributed by atoms with Gasteiger partial charge in [0.25, 0.3) is 0 Å². The summed E-state index contributed by atoms with van der Waals surface area (Å²) in [6, 6.07) is 7.72. The summed E-state index contributed by atoms with van der Waals surface area (Å²) in [5, 5.41) is 48.4. The van der Waals surface area contributed by atoms with Gasteiger partial charge in [-0.2, -0.15) is 0 Å². The van der Waals surface area contributed by atoms with Crippen LogP contribution in [0.25, 0.3) is 10.8 Å². The Hall–Kier alpha value is -2.64. The highest BCUT2D eigenvalue weighted by atomic mass is 16.5. The van der Waals surface area contributed by atoms with E-state index in [2.05, 4.69) is 6.07 Å². The summed E-state index contributed by atoms with van der Waals surface area (Å²) in [4.78, 5) is 0. The van der Waals surface area contributed by atoms with E-state index in [-0.39, 0.29) is 0 Å². The Kier molecular flexibility index (Phi) is 4.36. The molecule has 1 aliphatic carbocycles. The van der Waals surface area contributed by atoms with E-state index in [0.717, 1.165) is 33.0 Å². The summed E-state index contributed by atoms with van der Waals surface area (Å²) < 4.78 is 13.3. The van der Waals surface area contributed by atoms with E-state index in [1.54, 1.807) is 19.9 Å². The van der Waals surface area contributed by atoms with Crippen LogP contribution in [0.1, 0.15) is 91.3 Å². The molecule has 2 aliphatic heterocycles. The molecule has 4 N–H and O–H groups in total. The van der Waals surface area contributed by atoms with E-state index in [4.69, 9.17) is 9.47 Å². The van der Waals surface area contributed by atoms with Crippen LogP contribution in [-0.2, 0) is 16.8 Å². The van der Waals surface area contributed by atoms with Crippen molar-refractivity contribution in [2.75, 3.05) is 0 Å². The molecule has 6 heteroatoms. The quantitative estimate of drug-likeness (QED) is 0.393. The van der Waals surface area contributed by atoms with Gasteiger partial charge in [0.2, 0.25) is 0 Å². The lowest BCUT2D eigenvalue weighted by Gasteiger charge is -2.40. The molecule has 3 aromatic carbocycles. The van der Waals surface area contributed by atoms with Gasteiger partial charge in [0.15, 0.2) is 5.60 Å². The first-order valence-electron chi connectivity index (χ1n) is 12.5. The van der Waals surface area contributed by atoms with Crippen molar-refractivity contribution in [3.8, 4) is 11.5 Å². The van der Waals surface area contributed by atoms with Gasteiger partial charge in [-0.3, -0.25) is 0 Å². The molecule has 190 valence electrons. The summed E-state index contributed by atoms with van der Waals surface area (Å²) in [7, 11) is 0. The van der Waals surface area contributed by atoms with Gasteiger partial charge in [0.05, 0.1) is 5.60 Å². The van der Waals surface area contributed by atoms with Gasteiger partial charge in [0, 0.05) is 33.0 Å². The van der Waals surface area contributed by atoms with Crippen molar-refractivity contribution in [3.05, 3.63) is 68.8 Å². The largest absolute Gasteiger partial charge is 0.482 e. The second-order valence-corrected chi connectivity index (χ2v) is 12.1. The van der Waals surface area contributed by atoms with E-state index >= 15 is 0 Å². The molecule has 2 heterocycles. The summed E-state index contributed by atoms with van der Waals surface area (Å²) in [5.74, 6) is 1.22. The van der Waals surface area contributed by atoms with Crippen LogP contribution in [0.2, 0.25) is 0 Å². The molecule has 0 amide bonds. The monoisotopic (exact) mass is 490 g/mol. The predicted octanol–water partition coefficient (Wildman–Crippen LogP) is 4.74. The van der Waals surface area contributed by atoms with Crippen LogP contribution in [0, 0.1) is 20.8 Å². The average Bonchev–Trinajstić information content (AvgIpc) is 3.29. The molecule has 6 nitrogen and oxygen atoms in total. The zero-order valence-corrected chi connectivity index (χ0v) is 22.1. The second-order valence-electron chi connectivity index (χ2n) is 12.1. The maximum absolute atomic E-state index is 12.1. The number of hydrogen-bond donors (Lipinski definition) is 4. The Morgan fingerprint density at radius 3 is 2.08 bits per heavy atom. The standard InChI is InChI=1S/C30H34O6/c1-13-9-12-17-20-18(13)24-19(15(3)23(20)35-28(17,6)7)26(32)30(36-24)22-14(2)10-11-16(27(4,5)33)21(22)25(31)29(30,8)34/h9-12,25-26,31-34H,1-8H3/t25-,26+,29-,30+/m1/s1. The van der Waals surface area contributed by atoms with Crippen molar-refractivity contribution < 1.29 is 29.9 Å². The Bertz CT molecular complexity index is 1490. The van der Waals surface area contributed by atoms with Gasteiger partial charge < -0.3 is 29.9 Å². The van der Waals surface area contributed by atoms with Gasteiger partial charge in [-0.05, 0) is 77.6 Å². The minimum absolute atomic E-state index is 0.406. The minimum atomic E-state index is -1.89. The predicted molar refractivity (Wildman–Crippen MR) is 136 cm³/mol. The van der Waals surface area contributed by atoms with Gasteiger partial charge in [-0.1, -0.05) is 24.3 Å². The Morgan fingerprint density at radius 1 is 0.806 bits per heavy atom. The maximum Gasteiger partial charge on any atom is 0.196 e. The zero-order valence-electron chi connectivity index (χ0n) is 22.1. The molecule has 3 aliphatic rings. The van der Waals surface area contributed by atoms with Crippen molar-refractivity contribution in [1.82, 2.24) is 0 Å². The maximum atomic E-state index is 12.1. The minimum Gasteiger partial charge on any atom is -0.482 e. The number of ether oxygens (including phenoxy) is 2. The zero-order chi connectivity index (χ0) is 26.3.